The first-order valence-corrected chi connectivity index (χ1v) is 9.08. The fourth-order valence-corrected chi connectivity index (χ4v) is 3.55. The number of pyridine rings is 2. The van der Waals surface area contributed by atoms with E-state index < -0.39 is 6.04 Å². The molecule has 2 aromatic carbocycles. The summed E-state index contributed by atoms with van der Waals surface area (Å²) in [6.45, 7) is 0. The highest BCUT2D eigenvalue weighted by molar-refractivity contribution is 6.35. The molecule has 4 rings (SSSR count). The molecule has 2 heterocycles. The van der Waals surface area contributed by atoms with E-state index in [0.29, 0.717) is 26.9 Å². The van der Waals surface area contributed by atoms with Gasteiger partial charge in [0.1, 0.15) is 17.1 Å². The van der Waals surface area contributed by atoms with Crippen LogP contribution in [0, 0.1) is 0 Å². The van der Waals surface area contributed by atoms with Crippen LogP contribution in [0.15, 0.2) is 73.1 Å². The van der Waals surface area contributed by atoms with Crippen LogP contribution < -0.4 is 5.32 Å². The molecule has 0 saturated heterocycles. The van der Waals surface area contributed by atoms with Crippen molar-refractivity contribution in [2.24, 2.45) is 0 Å². The van der Waals surface area contributed by atoms with Crippen LogP contribution in [0.4, 0.5) is 5.82 Å². The number of hydrogen-bond acceptors (Lipinski definition) is 4. The molecular weight excluding hydrogens is 381 g/mol. The topological polar surface area (TPSA) is 58.0 Å². The average Bonchev–Trinajstić information content (AvgIpc) is 2.68. The average molecular weight is 396 g/mol. The number of aromatic hydroxyl groups is 1. The van der Waals surface area contributed by atoms with Gasteiger partial charge in [-0.25, -0.2) is 4.98 Å². The minimum Gasteiger partial charge on any atom is -0.505 e. The van der Waals surface area contributed by atoms with Crippen LogP contribution in [0.5, 0.6) is 5.75 Å². The number of fused-ring (bicyclic) bond motifs is 1. The molecule has 6 heteroatoms. The number of benzene rings is 2. The van der Waals surface area contributed by atoms with E-state index in [1.54, 1.807) is 24.5 Å². The van der Waals surface area contributed by atoms with Crippen molar-refractivity contribution in [2.75, 3.05) is 5.32 Å². The van der Waals surface area contributed by atoms with E-state index in [4.69, 9.17) is 23.2 Å². The lowest BCUT2D eigenvalue weighted by atomic mass is 9.96. The Morgan fingerprint density at radius 3 is 2.44 bits per heavy atom. The van der Waals surface area contributed by atoms with E-state index in [-0.39, 0.29) is 5.75 Å². The monoisotopic (exact) mass is 395 g/mol. The number of hydrogen-bond donors (Lipinski definition) is 2. The predicted octanol–water partition coefficient (Wildman–Crippen LogP) is 5.84. The summed E-state index contributed by atoms with van der Waals surface area (Å²) in [5, 5.41) is 16.2. The molecule has 0 amide bonds. The van der Waals surface area contributed by atoms with E-state index >= 15 is 0 Å². The van der Waals surface area contributed by atoms with Crippen molar-refractivity contribution in [1.82, 2.24) is 9.97 Å². The molecule has 0 saturated carbocycles. The highest BCUT2D eigenvalue weighted by atomic mass is 35.5. The summed E-state index contributed by atoms with van der Waals surface area (Å²) in [6.07, 6.45) is 3.35. The van der Waals surface area contributed by atoms with Gasteiger partial charge in [-0.1, -0.05) is 53.5 Å². The highest BCUT2D eigenvalue weighted by Gasteiger charge is 2.22. The summed E-state index contributed by atoms with van der Waals surface area (Å²) in [7, 11) is 0. The maximum Gasteiger partial charge on any atom is 0.147 e. The number of halogens is 2. The van der Waals surface area contributed by atoms with Crippen LogP contribution in [0.1, 0.15) is 17.2 Å². The maximum atomic E-state index is 10.9. The number of aromatic nitrogens is 2. The Morgan fingerprint density at radius 1 is 0.852 bits per heavy atom. The van der Waals surface area contributed by atoms with Crippen LogP contribution in [-0.4, -0.2) is 15.1 Å². The second kappa shape index (κ2) is 7.43. The van der Waals surface area contributed by atoms with E-state index in [9.17, 15) is 5.11 Å². The van der Waals surface area contributed by atoms with Gasteiger partial charge in [0, 0.05) is 33.4 Å². The smallest absolute Gasteiger partial charge is 0.147 e. The Balaban J connectivity index is 1.88. The van der Waals surface area contributed by atoms with Crippen LogP contribution in [0.25, 0.3) is 10.9 Å². The molecule has 0 aliphatic rings. The molecule has 2 N–H and O–H groups in total. The largest absolute Gasteiger partial charge is 0.505 e. The molecule has 0 unspecified atom stereocenters. The van der Waals surface area contributed by atoms with Crippen LogP contribution >= 0.6 is 23.2 Å². The zero-order chi connectivity index (χ0) is 18.8. The van der Waals surface area contributed by atoms with Gasteiger partial charge in [-0.3, -0.25) is 4.98 Å². The maximum absolute atomic E-state index is 10.9. The first-order chi connectivity index (χ1) is 13.1. The molecular formula is C21H15Cl2N3O. The number of nitrogens with one attached hydrogen (secondary N) is 1. The van der Waals surface area contributed by atoms with Crippen molar-refractivity contribution in [3.63, 3.8) is 0 Å². The predicted molar refractivity (Wildman–Crippen MR) is 110 cm³/mol. The molecule has 0 aliphatic heterocycles. The lowest BCUT2D eigenvalue weighted by molar-refractivity contribution is 0.471. The van der Waals surface area contributed by atoms with E-state index in [1.165, 1.54) is 0 Å². The molecule has 0 aliphatic carbocycles. The standard InChI is InChI=1S/C21H15Cl2N3O/c22-14-7-9-15(17(23)12-14)20(26-18-5-1-2-10-24-18)16-8-6-13-4-3-11-25-19(13)21(16)27/h1-12,20,27H,(H,24,26)/t20-/m0/s1. The van der Waals surface area contributed by atoms with Gasteiger partial charge in [-0.05, 0) is 35.9 Å². The molecule has 2 aromatic heterocycles. The minimum atomic E-state index is -0.434. The molecule has 134 valence electrons. The molecule has 27 heavy (non-hydrogen) atoms. The van der Waals surface area contributed by atoms with Gasteiger partial charge in [0.2, 0.25) is 0 Å². The van der Waals surface area contributed by atoms with Crippen LogP contribution in [0.2, 0.25) is 10.0 Å². The number of phenolic OH excluding ortho intramolecular Hbond substituents is 1. The van der Waals surface area contributed by atoms with E-state index in [0.717, 1.165) is 10.9 Å². The number of rotatable bonds is 4. The van der Waals surface area contributed by atoms with Crippen molar-refractivity contribution >= 4 is 39.9 Å². The summed E-state index contributed by atoms with van der Waals surface area (Å²) in [5.74, 6) is 0.765. The van der Waals surface area contributed by atoms with Crippen molar-refractivity contribution in [2.45, 2.75) is 6.04 Å². The Bertz CT molecular complexity index is 1100. The summed E-state index contributed by atoms with van der Waals surface area (Å²) in [5.41, 5.74) is 1.96. The molecule has 0 fully saturated rings. The SMILES string of the molecule is Oc1c([C@@H](Nc2ccccn2)c2ccc(Cl)cc2Cl)ccc2cccnc12. The Labute approximate surface area is 166 Å². The lowest BCUT2D eigenvalue weighted by Crippen LogP contribution is -2.14. The zero-order valence-corrected chi connectivity index (χ0v) is 15.6. The van der Waals surface area contributed by atoms with Gasteiger partial charge in [0.05, 0.1) is 6.04 Å². The molecule has 0 radical (unpaired) electrons. The summed E-state index contributed by atoms with van der Waals surface area (Å²) in [4.78, 5) is 8.64. The van der Waals surface area contributed by atoms with Crippen molar-refractivity contribution in [3.8, 4) is 5.75 Å². The Morgan fingerprint density at radius 2 is 1.67 bits per heavy atom. The van der Waals surface area contributed by atoms with Gasteiger partial charge in [0.15, 0.2) is 0 Å². The minimum absolute atomic E-state index is 0.104. The number of phenols is 1. The Kier molecular flexibility index (Phi) is 4.84. The normalized spacial score (nSPS) is 12.1. The first-order valence-electron chi connectivity index (χ1n) is 8.32. The molecule has 1 atom stereocenters. The van der Waals surface area contributed by atoms with E-state index in [1.807, 2.05) is 48.5 Å². The number of anilines is 1. The second-order valence-corrected chi connectivity index (χ2v) is 6.88. The summed E-state index contributed by atoms with van der Waals surface area (Å²) in [6, 6.07) is 18.0. The van der Waals surface area contributed by atoms with Crippen molar-refractivity contribution in [1.29, 1.82) is 0 Å². The highest BCUT2D eigenvalue weighted by Crippen LogP contribution is 2.39. The van der Waals surface area contributed by atoms with Gasteiger partial charge in [-0.15, -0.1) is 0 Å². The third-order valence-electron chi connectivity index (χ3n) is 4.32. The van der Waals surface area contributed by atoms with Gasteiger partial charge in [-0.2, -0.15) is 0 Å². The molecule has 0 spiro atoms. The molecule has 4 aromatic rings. The van der Waals surface area contributed by atoms with Gasteiger partial charge < -0.3 is 10.4 Å². The van der Waals surface area contributed by atoms with E-state index in [2.05, 4.69) is 15.3 Å². The fourth-order valence-electron chi connectivity index (χ4n) is 3.03. The van der Waals surface area contributed by atoms with Gasteiger partial charge in [0.25, 0.3) is 0 Å². The quantitative estimate of drug-likeness (QED) is 0.455. The fraction of sp³-hybridized carbons (Fsp3) is 0.0476. The number of nitrogens with zero attached hydrogens (tertiary/aromatic N) is 2. The summed E-state index contributed by atoms with van der Waals surface area (Å²) >= 11 is 12.5. The van der Waals surface area contributed by atoms with Gasteiger partial charge >= 0.3 is 0 Å². The molecule has 4 nitrogen and oxygen atoms in total. The zero-order valence-electron chi connectivity index (χ0n) is 14.1. The van der Waals surface area contributed by atoms with Crippen molar-refractivity contribution in [3.05, 3.63) is 94.2 Å². The molecule has 0 bridgehead atoms. The second-order valence-electron chi connectivity index (χ2n) is 6.04. The third kappa shape index (κ3) is 3.54. The first kappa shape index (κ1) is 17.6. The lowest BCUT2D eigenvalue weighted by Gasteiger charge is -2.23. The van der Waals surface area contributed by atoms with Crippen molar-refractivity contribution < 1.29 is 5.11 Å². The Hall–Kier alpha value is -2.82. The van der Waals surface area contributed by atoms with Crippen LogP contribution in [-0.2, 0) is 0 Å². The van der Waals surface area contributed by atoms with Crippen LogP contribution in [0.3, 0.4) is 0 Å². The summed E-state index contributed by atoms with van der Waals surface area (Å²) < 4.78 is 0. The third-order valence-corrected chi connectivity index (χ3v) is 4.88.